The van der Waals surface area contributed by atoms with Gasteiger partial charge in [0, 0.05) is 10.9 Å². The molecule has 0 aliphatic carbocycles. The average Bonchev–Trinajstić information content (AvgIpc) is 3.14. The number of benzene rings is 2. The fourth-order valence-electron chi connectivity index (χ4n) is 3.04. The van der Waals surface area contributed by atoms with Crippen LogP contribution in [0.25, 0.3) is 16.6 Å². The van der Waals surface area contributed by atoms with Gasteiger partial charge >= 0.3 is 0 Å². The van der Waals surface area contributed by atoms with Crippen LogP contribution >= 0.6 is 11.8 Å². The Morgan fingerprint density at radius 1 is 1.00 bits per heavy atom. The normalized spacial score (nSPS) is 11.0. The van der Waals surface area contributed by atoms with E-state index in [0.29, 0.717) is 10.7 Å². The van der Waals surface area contributed by atoms with E-state index in [4.69, 9.17) is 0 Å². The summed E-state index contributed by atoms with van der Waals surface area (Å²) in [4.78, 5) is 24.3. The molecule has 2 aromatic heterocycles. The largest absolute Gasteiger partial charge is 0.272 e. The quantitative estimate of drug-likeness (QED) is 0.402. The molecule has 0 fully saturated rings. The van der Waals surface area contributed by atoms with Crippen molar-refractivity contribution in [2.24, 2.45) is 0 Å². The number of carbonyl (C=O) groups excluding carboxylic acids is 2. The molecule has 0 bridgehead atoms. The highest BCUT2D eigenvalue weighted by Gasteiger charge is 2.13. The number of thioether (sulfide) groups is 1. The van der Waals surface area contributed by atoms with Gasteiger partial charge in [0.15, 0.2) is 10.8 Å². The van der Waals surface area contributed by atoms with Crippen molar-refractivity contribution >= 4 is 40.1 Å². The highest BCUT2D eigenvalue weighted by atomic mass is 32.2. The van der Waals surface area contributed by atoms with Crippen LogP contribution < -0.4 is 10.9 Å². The van der Waals surface area contributed by atoms with E-state index in [9.17, 15) is 9.59 Å². The first kappa shape index (κ1) is 18.9. The van der Waals surface area contributed by atoms with Crippen molar-refractivity contribution < 1.29 is 9.59 Å². The lowest BCUT2D eigenvalue weighted by molar-refractivity contribution is -0.119. The first-order chi connectivity index (χ1) is 14.0. The van der Waals surface area contributed by atoms with Gasteiger partial charge in [0.05, 0.1) is 11.3 Å². The number of carbonyl (C=O) groups is 2. The molecule has 7 nitrogen and oxygen atoms in total. The van der Waals surface area contributed by atoms with Crippen LogP contribution in [0.3, 0.4) is 0 Å². The fraction of sp³-hybridized carbons (Fsp3) is 0.143. The summed E-state index contributed by atoms with van der Waals surface area (Å²) in [5.41, 5.74) is 9.25. The predicted octanol–water partition coefficient (Wildman–Crippen LogP) is 3.05. The summed E-state index contributed by atoms with van der Waals surface area (Å²) in [6, 6.07) is 17.1. The smallest absolute Gasteiger partial charge is 0.269 e. The van der Waals surface area contributed by atoms with Gasteiger partial charge in [-0.25, -0.2) is 0 Å². The maximum absolute atomic E-state index is 12.2. The fourth-order valence-corrected chi connectivity index (χ4v) is 3.79. The maximum Gasteiger partial charge on any atom is 0.269 e. The standard InChI is InChI=1S/C21H19N5O2S/c1-13-7-9-15(10-8-13)20(28)24-23-19(27)12-29-21-25-22-18-11-14(2)16-5-3-4-6-17(16)26(18)21/h3-11H,12H2,1-2H3,(H,23,27)(H,24,28). The molecular formula is C21H19N5O2S. The summed E-state index contributed by atoms with van der Waals surface area (Å²) < 4.78 is 1.94. The first-order valence-corrected chi connectivity index (χ1v) is 10.0. The topological polar surface area (TPSA) is 88.4 Å². The van der Waals surface area contributed by atoms with Crippen molar-refractivity contribution in [1.82, 2.24) is 25.4 Å². The summed E-state index contributed by atoms with van der Waals surface area (Å²) in [5.74, 6) is -0.599. The molecule has 2 amide bonds. The Morgan fingerprint density at radius 2 is 1.76 bits per heavy atom. The van der Waals surface area contributed by atoms with E-state index < -0.39 is 0 Å². The molecule has 2 aromatic carbocycles. The molecule has 146 valence electrons. The minimum atomic E-state index is -0.363. The summed E-state index contributed by atoms with van der Waals surface area (Å²) in [6.45, 7) is 3.98. The van der Waals surface area contributed by atoms with Gasteiger partial charge in [-0.05, 0) is 43.7 Å². The SMILES string of the molecule is Cc1ccc(C(=O)NNC(=O)CSc2nnc3cc(C)c4ccccc4n23)cc1. The van der Waals surface area contributed by atoms with E-state index in [2.05, 4.69) is 21.0 Å². The second-order valence-corrected chi connectivity index (χ2v) is 7.62. The molecule has 0 aliphatic heterocycles. The van der Waals surface area contributed by atoms with Gasteiger partial charge in [0.1, 0.15) is 0 Å². The van der Waals surface area contributed by atoms with Crippen molar-refractivity contribution in [1.29, 1.82) is 0 Å². The van der Waals surface area contributed by atoms with Crippen LogP contribution in [0, 0.1) is 13.8 Å². The molecule has 4 rings (SSSR count). The Bertz CT molecular complexity index is 1220. The molecule has 0 saturated heterocycles. The first-order valence-electron chi connectivity index (χ1n) is 9.05. The van der Waals surface area contributed by atoms with Gasteiger partial charge in [-0.3, -0.25) is 24.8 Å². The van der Waals surface area contributed by atoms with Crippen LogP contribution in [0.2, 0.25) is 0 Å². The average molecular weight is 405 g/mol. The van der Waals surface area contributed by atoms with Crippen LogP contribution in [0.15, 0.2) is 59.8 Å². The Kier molecular flexibility index (Phi) is 5.18. The third kappa shape index (κ3) is 3.93. The highest BCUT2D eigenvalue weighted by molar-refractivity contribution is 7.99. The van der Waals surface area contributed by atoms with Gasteiger partial charge in [0.25, 0.3) is 5.91 Å². The minimum Gasteiger partial charge on any atom is -0.272 e. The molecule has 0 aliphatic rings. The summed E-state index contributed by atoms with van der Waals surface area (Å²) in [5, 5.41) is 10.2. The molecule has 0 saturated carbocycles. The predicted molar refractivity (Wildman–Crippen MR) is 113 cm³/mol. The summed E-state index contributed by atoms with van der Waals surface area (Å²) >= 11 is 1.26. The number of nitrogens with one attached hydrogen (secondary N) is 2. The zero-order valence-corrected chi connectivity index (χ0v) is 16.8. The third-order valence-electron chi connectivity index (χ3n) is 4.54. The van der Waals surface area contributed by atoms with Crippen LogP contribution in [-0.2, 0) is 4.79 Å². The van der Waals surface area contributed by atoms with Gasteiger partial charge in [-0.15, -0.1) is 10.2 Å². The molecule has 0 atom stereocenters. The van der Waals surface area contributed by atoms with Gasteiger partial charge < -0.3 is 0 Å². The van der Waals surface area contributed by atoms with Crippen molar-refractivity contribution in [2.75, 3.05) is 5.75 Å². The monoisotopic (exact) mass is 405 g/mol. The zero-order chi connectivity index (χ0) is 20.4. The lowest BCUT2D eigenvalue weighted by Gasteiger charge is -2.08. The molecule has 2 N–H and O–H groups in total. The zero-order valence-electron chi connectivity index (χ0n) is 16.0. The lowest BCUT2D eigenvalue weighted by atomic mass is 10.1. The molecule has 4 aromatic rings. The van der Waals surface area contributed by atoms with Crippen molar-refractivity contribution in [3.63, 3.8) is 0 Å². The number of hydrogen-bond acceptors (Lipinski definition) is 5. The van der Waals surface area contributed by atoms with E-state index in [-0.39, 0.29) is 17.6 Å². The Morgan fingerprint density at radius 3 is 2.55 bits per heavy atom. The molecular weight excluding hydrogens is 386 g/mol. The number of rotatable bonds is 4. The van der Waals surface area contributed by atoms with Gasteiger partial charge in [-0.2, -0.15) is 0 Å². The van der Waals surface area contributed by atoms with E-state index >= 15 is 0 Å². The third-order valence-corrected chi connectivity index (χ3v) is 5.46. The van der Waals surface area contributed by atoms with E-state index in [1.165, 1.54) is 11.8 Å². The van der Waals surface area contributed by atoms with Gasteiger partial charge in [0.2, 0.25) is 5.91 Å². The van der Waals surface area contributed by atoms with Crippen LogP contribution in [0.4, 0.5) is 0 Å². The van der Waals surface area contributed by atoms with Crippen molar-refractivity contribution in [2.45, 2.75) is 19.0 Å². The van der Waals surface area contributed by atoms with E-state index in [1.54, 1.807) is 12.1 Å². The maximum atomic E-state index is 12.2. The molecule has 0 radical (unpaired) electrons. The number of nitrogens with zero attached hydrogens (tertiary/aromatic N) is 3. The lowest BCUT2D eigenvalue weighted by Crippen LogP contribution is -2.42. The van der Waals surface area contributed by atoms with E-state index in [0.717, 1.165) is 27.7 Å². The highest BCUT2D eigenvalue weighted by Crippen LogP contribution is 2.25. The Hall–Kier alpha value is -3.39. The number of pyridine rings is 1. The van der Waals surface area contributed by atoms with Crippen LogP contribution in [-0.4, -0.2) is 32.2 Å². The summed E-state index contributed by atoms with van der Waals surface area (Å²) in [7, 11) is 0. The number of aryl methyl sites for hydroxylation is 2. The molecule has 0 spiro atoms. The molecule has 2 heterocycles. The second-order valence-electron chi connectivity index (χ2n) is 6.68. The number of hydrazine groups is 1. The second kappa shape index (κ2) is 7.92. The molecule has 8 heteroatoms. The molecule has 29 heavy (non-hydrogen) atoms. The number of aromatic nitrogens is 3. The van der Waals surface area contributed by atoms with Crippen LogP contribution in [0.5, 0.6) is 0 Å². The van der Waals surface area contributed by atoms with Gasteiger partial charge in [-0.1, -0.05) is 47.7 Å². The molecule has 0 unspecified atom stereocenters. The Labute approximate surface area is 171 Å². The number of fused-ring (bicyclic) bond motifs is 3. The number of hydrogen-bond donors (Lipinski definition) is 2. The van der Waals surface area contributed by atoms with Crippen LogP contribution in [0.1, 0.15) is 21.5 Å². The Balaban J connectivity index is 1.43. The van der Waals surface area contributed by atoms with Crippen molar-refractivity contribution in [3.8, 4) is 0 Å². The van der Waals surface area contributed by atoms with Crippen molar-refractivity contribution in [3.05, 3.63) is 71.3 Å². The minimum absolute atomic E-state index is 0.0944. The number of para-hydroxylation sites is 1. The number of amides is 2. The van der Waals surface area contributed by atoms with E-state index in [1.807, 2.05) is 60.7 Å². The summed E-state index contributed by atoms with van der Waals surface area (Å²) in [6.07, 6.45) is 0.